The minimum Gasteiger partial charge on any atom is -0.281 e. The van der Waals surface area contributed by atoms with Gasteiger partial charge in [0.05, 0.1) is 16.4 Å². The van der Waals surface area contributed by atoms with E-state index in [9.17, 15) is 4.79 Å². The van der Waals surface area contributed by atoms with E-state index in [1.165, 1.54) is 0 Å². The van der Waals surface area contributed by atoms with Crippen LogP contribution in [0.15, 0.2) is 53.3 Å². The summed E-state index contributed by atoms with van der Waals surface area (Å²) in [7, 11) is 0. The maximum absolute atomic E-state index is 12.6. The number of nitrogens with zero attached hydrogens (tertiary/aromatic N) is 4. The molecule has 2 aromatic carbocycles. The molecule has 0 radical (unpaired) electrons. The van der Waals surface area contributed by atoms with Crippen LogP contribution in [0.1, 0.15) is 32.0 Å². The molecule has 0 aliphatic carbocycles. The van der Waals surface area contributed by atoms with Crippen LogP contribution in [0.3, 0.4) is 0 Å². The zero-order valence-corrected chi connectivity index (χ0v) is 15.8. The molecule has 2 heterocycles. The zero-order chi connectivity index (χ0) is 18.8. The lowest BCUT2D eigenvalue weighted by Gasteiger charge is -2.17. The lowest BCUT2D eigenvalue weighted by molar-refractivity contribution is 0.678. The Morgan fingerprint density at radius 2 is 1.67 bits per heavy atom. The number of para-hydroxylation sites is 2. The van der Waals surface area contributed by atoms with Crippen molar-refractivity contribution in [2.24, 2.45) is 0 Å². The summed E-state index contributed by atoms with van der Waals surface area (Å²) in [6, 6.07) is 15.2. The van der Waals surface area contributed by atoms with E-state index in [0.29, 0.717) is 23.4 Å². The highest BCUT2D eigenvalue weighted by atomic mass is 35.5. The molecule has 0 fully saturated rings. The maximum Gasteiger partial charge on any atom is 0.280 e. The molecule has 4 aromatic rings. The van der Waals surface area contributed by atoms with Gasteiger partial charge >= 0.3 is 0 Å². The van der Waals surface area contributed by atoms with Gasteiger partial charge in [0.1, 0.15) is 5.82 Å². The van der Waals surface area contributed by atoms with Crippen LogP contribution in [0.5, 0.6) is 0 Å². The van der Waals surface area contributed by atoms with Crippen molar-refractivity contribution in [1.82, 2.24) is 19.5 Å². The van der Waals surface area contributed by atoms with E-state index < -0.39 is 0 Å². The number of benzene rings is 2. The summed E-state index contributed by atoms with van der Waals surface area (Å²) in [6.07, 6.45) is 3.83. The first-order valence-corrected chi connectivity index (χ1v) is 9.50. The Hall–Kier alpha value is -2.79. The summed E-state index contributed by atoms with van der Waals surface area (Å²) in [6.45, 7) is 2.15. The topological polar surface area (TPSA) is 60.7 Å². The average Bonchev–Trinajstić information content (AvgIpc) is 2.68. The number of rotatable bonds is 5. The summed E-state index contributed by atoms with van der Waals surface area (Å²) in [5.74, 6) is 1.35. The monoisotopic (exact) mass is 378 g/mol. The van der Waals surface area contributed by atoms with Crippen molar-refractivity contribution in [3.63, 3.8) is 0 Å². The van der Waals surface area contributed by atoms with Gasteiger partial charge in [0.2, 0.25) is 5.28 Å². The number of aryl methyl sites for hydroxylation is 1. The molecular weight excluding hydrogens is 360 g/mol. The van der Waals surface area contributed by atoms with E-state index in [1.54, 1.807) is 6.07 Å². The Labute approximate surface area is 161 Å². The van der Waals surface area contributed by atoms with Gasteiger partial charge in [-0.15, -0.1) is 0 Å². The maximum atomic E-state index is 12.6. The van der Waals surface area contributed by atoms with Gasteiger partial charge in [0.25, 0.3) is 5.56 Å². The van der Waals surface area contributed by atoms with Crippen LogP contribution in [0, 0.1) is 0 Å². The second kappa shape index (κ2) is 7.45. The Bertz CT molecular complexity index is 1190. The van der Waals surface area contributed by atoms with E-state index >= 15 is 0 Å². The third-order valence-corrected chi connectivity index (χ3v) is 4.80. The molecule has 0 saturated carbocycles. The van der Waals surface area contributed by atoms with E-state index in [1.807, 2.05) is 47.0 Å². The molecule has 0 aliphatic heterocycles. The minimum absolute atomic E-state index is 0.172. The van der Waals surface area contributed by atoms with Crippen LogP contribution >= 0.6 is 11.6 Å². The normalized spacial score (nSPS) is 11.3. The zero-order valence-electron chi connectivity index (χ0n) is 15.0. The second-order valence-electron chi connectivity index (χ2n) is 6.48. The molecule has 0 unspecified atom stereocenters. The van der Waals surface area contributed by atoms with Gasteiger partial charge < -0.3 is 0 Å². The van der Waals surface area contributed by atoms with Crippen molar-refractivity contribution in [3.8, 4) is 5.82 Å². The second-order valence-corrected chi connectivity index (χ2v) is 6.81. The molecule has 0 aliphatic rings. The molecule has 5 nitrogen and oxygen atoms in total. The minimum atomic E-state index is -0.210. The Kier molecular flexibility index (Phi) is 4.86. The van der Waals surface area contributed by atoms with Gasteiger partial charge in [-0.25, -0.2) is 4.98 Å². The first-order valence-electron chi connectivity index (χ1n) is 9.12. The molecular formula is C21H19ClN4O. The summed E-state index contributed by atoms with van der Waals surface area (Å²) < 4.78 is 1.96. The molecule has 0 bridgehead atoms. The Morgan fingerprint density at radius 3 is 2.48 bits per heavy atom. The molecule has 2 aromatic heterocycles. The fourth-order valence-corrected chi connectivity index (χ4v) is 3.53. The van der Waals surface area contributed by atoms with Gasteiger partial charge in [-0.05, 0) is 42.3 Å². The third-order valence-electron chi connectivity index (χ3n) is 4.64. The predicted octanol–water partition coefficient (Wildman–Crippen LogP) is 4.72. The van der Waals surface area contributed by atoms with Gasteiger partial charge in [-0.1, -0.05) is 44.0 Å². The predicted molar refractivity (Wildman–Crippen MR) is 109 cm³/mol. The molecule has 27 heavy (non-hydrogen) atoms. The molecule has 0 spiro atoms. The number of halogens is 1. The van der Waals surface area contributed by atoms with E-state index in [4.69, 9.17) is 11.6 Å². The molecule has 0 saturated heterocycles. The highest BCUT2D eigenvalue weighted by Crippen LogP contribution is 2.25. The van der Waals surface area contributed by atoms with Gasteiger partial charge in [0.15, 0.2) is 5.82 Å². The molecule has 0 atom stereocenters. The average molecular weight is 379 g/mol. The fourth-order valence-electron chi connectivity index (χ4n) is 3.36. The number of fused-ring (bicyclic) bond motifs is 2. The first kappa shape index (κ1) is 17.6. The molecule has 6 heteroatoms. The van der Waals surface area contributed by atoms with E-state index in [0.717, 1.165) is 35.7 Å². The smallest absolute Gasteiger partial charge is 0.280 e. The summed E-state index contributed by atoms with van der Waals surface area (Å²) in [4.78, 5) is 25.8. The van der Waals surface area contributed by atoms with Crippen LogP contribution in [-0.2, 0) is 6.42 Å². The van der Waals surface area contributed by atoms with Crippen molar-refractivity contribution >= 4 is 33.4 Å². The fraction of sp³-hybridized carbons (Fsp3) is 0.238. The van der Waals surface area contributed by atoms with Crippen LogP contribution in [0.25, 0.3) is 27.6 Å². The number of aromatic nitrogens is 4. The quantitative estimate of drug-likeness (QED) is 0.372. The van der Waals surface area contributed by atoms with Crippen molar-refractivity contribution in [2.75, 3.05) is 0 Å². The Morgan fingerprint density at radius 1 is 0.926 bits per heavy atom. The number of hydrogen-bond acceptors (Lipinski definition) is 4. The molecule has 136 valence electrons. The Balaban J connectivity index is 2.07. The standard InChI is InChI=1S/C21H19ClN4O/c1-2-3-4-13-18-24-20(27)15-10-6-8-12-17(15)26(18)19-14-9-5-7-11-16(14)23-21(22)25-19/h5-12H,2-4,13H2,1H3. The van der Waals surface area contributed by atoms with E-state index in [-0.39, 0.29) is 10.8 Å². The van der Waals surface area contributed by atoms with Crippen LogP contribution in [0.4, 0.5) is 0 Å². The van der Waals surface area contributed by atoms with Crippen LogP contribution in [-0.4, -0.2) is 19.5 Å². The van der Waals surface area contributed by atoms with Crippen molar-refractivity contribution in [3.05, 3.63) is 70.0 Å². The lowest BCUT2D eigenvalue weighted by atomic mass is 10.1. The third kappa shape index (κ3) is 3.30. The first-order chi connectivity index (χ1) is 13.2. The van der Waals surface area contributed by atoms with E-state index in [2.05, 4.69) is 21.9 Å². The van der Waals surface area contributed by atoms with Gasteiger partial charge in [-0.3, -0.25) is 9.36 Å². The van der Waals surface area contributed by atoms with Crippen LogP contribution in [0.2, 0.25) is 5.28 Å². The molecule has 0 N–H and O–H groups in total. The number of hydrogen-bond donors (Lipinski definition) is 0. The van der Waals surface area contributed by atoms with Crippen LogP contribution < -0.4 is 5.56 Å². The molecule has 0 amide bonds. The van der Waals surface area contributed by atoms with Crippen molar-refractivity contribution in [2.45, 2.75) is 32.6 Å². The molecule has 4 rings (SSSR count). The largest absolute Gasteiger partial charge is 0.281 e. The summed E-state index contributed by atoms with van der Waals surface area (Å²) in [5.41, 5.74) is 1.33. The summed E-state index contributed by atoms with van der Waals surface area (Å²) in [5, 5.41) is 1.61. The van der Waals surface area contributed by atoms with Crippen molar-refractivity contribution < 1.29 is 0 Å². The summed E-state index contributed by atoms with van der Waals surface area (Å²) >= 11 is 6.22. The van der Waals surface area contributed by atoms with Gasteiger partial charge in [-0.2, -0.15) is 9.97 Å². The highest BCUT2D eigenvalue weighted by molar-refractivity contribution is 6.28. The van der Waals surface area contributed by atoms with Gasteiger partial charge in [0, 0.05) is 11.8 Å². The van der Waals surface area contributed by atoms with Crippen molar-refractivity contribution in [1.29, 1.82) is 0 Å². The highest BCUT2D eigenvalue weighted by Gasteiger charge is 2.16. The SMILES string of the molecule is CCCCCc1nc(=O)c2ccccc2n1-c1nc(Cl)nc2ccccc12. The lowest BCUT2D eigenvalue weighted by Crippen LogP contribution is -2.19. The number of unbranched alkanes of at least 4 members (excludes halogenated alkanes) is 2.